The molecule has 8 aromatic carbocycles. The molecule has 0 N–H and O–H groups in total. The van der Waals surface area contributed by atoms with Gasteiger partial charge in [0.1, 0.15) is 0 Å². The average Bonchev–Trinajstić information content (AvgIpc) is 3.81. The van der Waals surface area contributed by atoms with Gasteiger partial charge in [0.2, 0.25) is 0 Å². The predicted molar refractivity (Wildman–Crippen MR) is 211 cm³/mol. The van der Waals surface area contributed by atoms with Gasteiger partial charge in [-0.2, -0.15) is 0 Å². The highest BCUT2D eigenvalue weighted by molar-refractivity contribution is 7.99. The van der Waals surface area contributed by atoms with Crippen molar-refractivity contribution in [2.75, 3.05) is 0 Å². The molecule has 0 unspecified atom stereocenters. The molecule has 232 valence electrons. The van der Waals surface area contributed by atoms with E-state index in [-0.39, 0.29) is 0 Å². The van der Waals surface area contributed by atoms with Crippen LogP contribution in [0.25, 0.3) is 93.3 Å². The molecule has 0 fully saturated rings. The van der Waals surface area contributed by atoms with Crippen LogP contribution >= 0.6 is 11.8 Å². The normalized spacial score (nSPS) is 12.7. The van der Waals surface area contributed by atoms with Crippen LogP contribution in [-0.4, -0.2) is 13.7 Å². The zero-order valence-corrected chi connectivity index (χ0v) is 27.7. The third-order valence-electron chi connectivity index (χ3n) is 10.8. The van der Waals surface area contributed by atoms with Gasteiger partial charge in [-0.1, -0.05) is 109 Å². The van der Waals surface area contributed by atoms with Crippen LogP contribution in [0.15, 0.2) is 174 Å². The van der Waals surface area contributed by atoms with E-state index in [0.29, 0.717) is 0 Å². The Morgan fingerprint density at radius 3 is 1.64 bits per heavy atom. The highest BCUT2D eigenvalue weighted by Gasteiger charge is 2.27. The Balaban J connectivity index is 1.21. The SMILES string of the molecule is c1ccc(-n2c3ccccc3c3cc4c5c6ccccc6cc6c5n(c4cc32)-c2ccc(-n3c4ccccc4c4ccccc43)cc2S6)cc1. The van der Waals surface area contributed by atoms with Crippen LogP contribution in [0.3, 0.4) is 0 Å². The van der Waals surface area contributed by atoms with Gasteiger partial charge in [-0.15, -0.1) is 0 Å². The van der Waals surface area contributed by atoms with Gasteiger partial charge >= 0.3 is 0 Å². The van der Waals surface area contributed by atoms with Crippen LogP contribution in [0.4, 0.5) is 0 Å². The van der Waals surface area contributed by atoms with Gasteiger partial charge < -0.3 is 13.7 Å². The molecule has 11 aromatic rings. The lowest BCUT2D eigenvalue weighted by atomic mass is 10.0. The third-order valence-corrected chi connectivity index (χ3v) is 11.8. The van der Waals surface area contributed by atoms with Gasteiger partial charge in [-0.05, 0) is 77.5 Å². The molecule has 4 heterocycles. The van der Waals surface area contributed by atoms with Crippen molar-refractivity contribution in [2.24, 2.45) is 0 Å². The monoisotopic (exact) mass is 653 g/mol. The van der Waals surface area contributed by atoms with Crippen molar-refractivity contribution in [2.45, 2.75) is 9.79 Å². The van der Waals surface area contributed by atoms with Crippen molar-refractivity contribution in [3.05, 3.63) is 164 Å². The van der Waals surface area contributed by atoms with E-state index < -0.39 is 0 Å². The molecule has 3 nitrogen and oxygen atoms in total. The van der Waals surface area contributed by atoms with Crippen LogP contribution in [0.5, 0.6) is 0 Å². The summed E-state index contributed by atoms with van der Waals surface area (Å²) in [6, 6.07) is 60.4. The van der Waals surface area contributed by atoms with Crippen LogP contribution < -0.4 is 0 Å². The predicted octanol–water partition coefficient (Wildman–Crippen LogP) is 12.6. The molecular weight excluding hydrogens is 627 g/mol. The van der Waals surface area contributed by atoms with Crippen molar-refractivity contribution >= 4 is 88.0 Å². The van der Waals surface area contributed by atoms with Gasteiger partial charge in [0.25, 0.3) is 0 Å². The number of para-hydroxylation sites is 4. The van der Waals surface area contributed by atoms with E-state index in [1.165, 1.54) is 103 Å². The van der Waals surface area contributed by atoms with E-state index in [1.54, 1.807) is 0 Å². The first-order valence-electron chi connectivity index (χ1n) is 17.1. The van der Waals surface area contributed by atoms with Crippen LogP contribution in [0.1, 0.15) is 0 Å². The van der Waals surface area contributed by atoms with Gasteiger partial charge in [-0.25, -0.2) is 0 Å². The van der Waals surface area contributed by atoms with Crippen LogP contribution in [0, 0.1) is 0 Å². The molecule has 4 heteroatoms. The Labute approximate surface area is 291 Å². The Hall–Kier alpha value is -6.23. The number of hydrogen-bond donors (Lipinski definition) is 0. The zero-order chi connectivity index (χ0) is 32.5. The molecule has 0 bridgehead atoms. The summed E-state index contributed by atoms with van der Waals surface area (Å²) < 4.78 is 7.39. The van der Waals surface area contributed by atoms with Crippen molar-refractivity contribution in [3.8, 4) is 17.1 Å². The summed E-state index contributed by atoms with van der Waals surface area (Å²) in [5, 5.41) is 10.3. The summed E-state index contributed by atoms with van der Waals surface area (Å²) >= 11 is 1.90. The highest BCUT2D eigenvalue weighted by Crippen LogP contribution is 2.51. The lowest BCUT2D eigenvalue weighted by molar-refractivity contribution is 1.07. The largest absolute Gasteiger partial charge is 0.309 e. The van der Waals surface area contributed by atoms with E-state index in [2.05, 4.69) is 177 Å². The third kappa shape index (κ3) is 3.41. The fourth-order valence-electron chi connectivity index (χ4n) is 8.73. The molecule has 12 rings (SSSR count). The van der Waals surface area contributed by atoms with E-state index in [4.69, 9.17) is 0 Å². The summed E-state index contributed by atoms with van der Waals surface area (Å²) in [5.41, 5.74) is 11.0. The number of nitrogens with zero attached hydrogens (tertiary/aromatic N) is 3. The fourth-order valence-corrected chi connectivity index (χ4v) is 9.88. The molecule has 0 radical (unpaired) electrons. The number of fused-ring (bicyclic) bond motifs is 13. The van der Waals surface area contributed by atoms with Gasteiger partial charge in [0, 0.05) is 53.5 Å². The number of benzene rings is 8. The minimum atomic E-state index is 1.17. The van der Waals surface area contributed by atoms with Gasteiger partial charge in [0.15, 0.2) is 0 Å². The summed E-state index contributed by atoms with van der Waals surface area (Å²) in [7, 11) is 0. The van der Waals surface area contributed by atoms with Crippen molar-refractivity contribution in [3.63, 3.8) is 0 Å². The number of rotatable bonds is 2. The Morgan fingerprint density at radius 2 is 0.920 bits per heavy atom. The maximum absolute atomic E-state index is 2.54. The van der Waals surface area contributed by atoms with E-state index in [1.807, 2.05) is 11.8 Å². The maximum Gasteiger partial charge on any atom is 0.0687 e. The number of hydrogen-bond acceptors (Lipinski definition) is 1. The fraction of sp³-hybridized carbons (Fsp3) is 0. The molecule has 0 saturated heterocycles. The second-order valence-electron chi connectivity index (χ2n) is 13.4. The van der Waals surface area contributed by atoms with Crippen molar-refractivity contribution in [1.29, 1.82) is 0 Å². The Bertz CT molecular complexity index is 3180. The second kappa shape index (κ2) is 9.69. The summed E-state index contributed by atoms with van der Waals surface area (Å²) in [5.74, 6) is 0. The minimum absolute atomic E-state index is 1.17. The molecule has 50 heavy (non-hydrogen) atoms. The zero-order valence-electron chi connectivity index (χ0n) is 26.8. The van der Waals surface area contributed by atoms with Crippen molar-refractivity contribution in [1.82, 2.24) is 13.7 Å². The lowest BCUT2D eigenvalue weighted by Crippen LogP contribution is -2.04. The average molecular weight is 654 g/mol. The molecule has 0 atom stereocenters. The lowest BCUT2D eigenvalue weighted by Gasteiger charge is -2.22. The Morgan fingerprint density at radius 1 is 0.340 bits per heavy atom. The summed E-state index contributed by atoms with van der Waals surface area (Å²) in [6.07, 6.45) is 0. The first kappa shape index (κ1) is 26.7. The molecule has 0 spiro atoms. The molecule has 0 saturated carbocycles. The topological polar surface area (TPSA) is 14.8 Å². The van der Waals surface area contributed by atoms with E-state index >= 15 is 0 Å². The smallest absolute Gasteiger partial charge is 0.0687 e. The first-order valence-corrected chi connectivity index (χ1v) is 17.9. The molecule has 1 aliphatic heterocycles. The maximum atomic E-state index is 2.54. The first-order chi connectivity index (χ1) is 24.8. The number of aromatic nitrogens is 3. The molecule has 1 aliphatic rings. The van der Waals surface area contributed by atoms with Crippen LogP contribution in [0.2, 0.25) is 0 Å². The highest BCUT2D eigenvalue weighted by atomic mass is 32.2. The standard InChI is InChI=1S/C46H27N3S/c1-2-13-29(14-3-1)47-39-21-11-8-18-34(39)35-26-36-42(27-41(35)47)49-40-23-22-30(48-37-19-9-6-16-32(37)33-17-7-10-20-38(33)48)25-43(40)50-44-24-28-12-4-5-15-31(28)45(36)46(44)49/h1-27H. The second-order valence-corrected chi connectivity index (χ2v) is 14.4. The molecular formula is C46H27N3S. The van der Waals surface area contributed by atoms with E-state index in [0.717, 1.165) is 0 Å². The molecule has 3 aromatic heterocycles. The van der Waals surface area contributed by atoms with E-state index in [9.17, 15) is 0 Å². The summed E-state index contributed by atoms with van der Waals surface area (Å²) in [4.78, 5) is 2.55. The minimum Gasteiger partial charge on any atom is -0.309 e. The molecule has 0 amide bonds. The van der Waals surface area contributed by atoms with Crippen LogP contribution in [-0.2, 0) is 0 Å². The molecule has 0 aliphatic carbocycles. The van der Waals surface area contributed by atoms with Gasteiger partial charge in [-0.3, -0.25) is 0 Å². The Kier molecular flexibility index (Phi) is 5.17. The van der Waals surface area contributed by atoms with Crippen molar-refractivity contribution < 1.29 is 0 Å². The van der Waals surface area contributed by atoms with Gasteiger partial charge in [0.05, 0.1) is 38.8 Å². The summed E-state index contributed by atoms with van der Waals surface area (Å²) in [6.45, 7) is 0. The quantitative estimate of drug-likeness (QED) is 0.181.